The molecule has 0 spiro atoms. The SMILES string of the molecule is O=C(c1ccnc(Nc2cccc(C(F)(F)F)c2)n1)N1CCCCCC1. The van der Waals surface area contributed by atoms with Crippen molar-refractivity contribution in [2.45, 2.75) is 31.9 Å². The van der Waals surface area contributed by atoms with Gasteiger partial charge in [-0.25, -0.2) is 9.97 Å². The standard InChI is InChI=1S/C18H19F3N4O/c19-18(20,21)13-6-5-7-14(12-13)23-17-22-9-8-15(24-17)16(26)25-10-3-1-2-4-11-25/h5-9,12H,1-4,10-11H2,(H,22,23,24). The number of hydrogen-bond acceptors (Lipinski definition) is 4. The van der Waals surface area contributed by atoms with E-state index in [-0.39, 0.29) is 23.2 Å². The van der Waals surface area contributed by atoms with Crippen LogP contribution in [-0.4, -0.2) is 33.9 Å². The van der Waals surface area contributed by atoms with Crippen molar-refractivity contribution < 1.29 is 18.0 Å². The van der Waals surface area contributed by atoms with Gasteiger partial charge in [-0.1, -0.05) is 18.9 Å². The van der Waals surface area contributed by atoms with E-state index in [1.165, 1.54) is 24.4 Å². The zero-order chi connectivity index (χ0) is 18.6. The van der Waals surface area contributed by atoms with E-state index in [1.807, 2.05) is 0 Å². The minimum Gasteiger partial charge on any atom is -0.337 e. The van der Waals surface area contributed by atoms with Gasteiger partial charge in [-0.05, 0) is 37.1 Å². The molecule has 1 N–H and O–H groups in total. The summed E-state index contributed by atoms with van der Waals surface area (Å²) in [7, 11) is 0. The lowest BCUT2D eigenvalue weighted by atomic mass is 10.2. The molecule has 2 heterocycles. The number of aromatic nitrogens is 2. The Morgan fingerprint density at radius 1 is 1.08 bits per heavy atom. The fraction of sp³-hybridized carbons (Fsp3) is 0.389. The number of carbonyl (C=O) groups is 1. The summed E-state index contributed by atoms with van der Waals surface area (Å²) in [5, 5.41) is 2.73. The molecule has 0 unspecified atom stereocenters. The van der Waals surface area contributed by atoms with Crippen LogP contribution >= 0.6 is 0 Å². The van der Waals surface area contributed by atoms with Gasteiger partial charge in [-0.15, -0.1) is 0 Å². The van der Waals surface area contributed by atoms with E-state index in [4.69, 9.17) is 0 Å². The average Bonchev–Trinajstić information content (AvgIpc) is 2.90. The van der Waals surface area contributed by atoms with Crippen molar-refractivity contribution >= 4 is 17.5 Å². The highest BCUT2D eigenvalue weighted by Gasteiger charge is 2.30. The first-order valence-corrected chi connectivity index (χ1v) is 8.50. The summed E-state index contributed by atoms with van der Waals surface area (Å²) < 4.78 is 38.4. The Labute approximate surface area is 149 Å². The van der Waals surface area contributed by atoms with Gasteiger partial charge >= 0.3 is 6.18 Å². The molecule has 1 aliphatic rings. The Bertz CT molecular complexity index is 771. The molecular formula is C18H19F3N4O. The van der Waals surface area contributed by atoms with Gasteiger partial charge in [0.2, 0.25) is 5.95 Å². The summed E-state index contributed by atoms with van der Waals surface area (Å²) in [6, 6.07) is 6.28. The summed E-state index contributed by atoms with van der Waals surface area (Å²) >= 11 is 0. The van der Waals surface area contributed by atoms with E-state index in [2.05, 4.69) is 15.3 Å². The molecule has 1 amide bonds. The van der Waals surface area contributed by atoms with Crippen LogP contribution in [0, 0.1) is 0 Å². The van der Waals surface area contributed by atoms with Crippen LogP contribution in [0.25, 0.3) is 0 Å². The van der Waals surface area contributed by atoms with Gasteiger partial charge in [0.25, 0.3) is 5.91 Å². The first-order valence-electron chi connectivity index (χ1n) is 8.50. The van der Waals surface area contributed by atoms with Gasteiger partial charge < -0.3 is 10.2 Å². The number of nitrogens with zero attached hydrogens (tertiary/aromatic N) is 3. The van der Waals surface area contributed by atoms with Gasteiger partial charge in [-0.3, -0.25) is 4.79 Å². The smallest absolute Gasteiger partial charge is 0.337 e. The van der Waals surface area contributed by atoms with Crippen LogP contribution in [0.5, 0.6) is 0 Å². The molecule has 0 radical (unpaired) electrons. The molecule has 1 saturated heterocycles. The van der Waals surface area contributed by atoms with Crippen LogP contribution in [0.15, 0.2) is 36.5 Å². The number of amides is 1. The average molecular weight is 364 g/mol. The van der Waals surface area contributed by atoms with E-state index >= 15 is 0 Å². The van der Waals surface area contributed by atoms with Gasteiger partial charge in [0.1, 0.15) is 5.69 Å². The van der Waals surface area contributed by atoms with Gasteiger partial charge in [-0.2, -0.15) is 13.2 Å². The lowest BCUT2D eigenvalue weighted by Gasteiger charge is -2.19. The van der Waals surface area contributed by atoms with Crippen molar-refractivity contribution in [3.05, 3.63) is 47.8 Å². The Balaban J connectivity index is 1.76. The molecule has 0 bridgehead atoms. The zero-order valence-corrected chi connectivity index (χ0v) is 14.1. The summed E-state index contributed by atoms with van der Waals surface area (Å²) in [5.74, 6) is -0.0913. The van der Waals surface area contributed by atoms with E-state index in [1.54, 1.807) is 4.90 Å². The van der Waals surface area contributed by atoms with Gasteiger partial charge in [0.15, 0.2) is 0 Å². The van der Waals surface area contributed by atoms with Crippen LogP contribution in [0.2, 0.25) is 0 Å². The van der Waals surface area contributed by atoms with Crippen molar-refractivity contribution in [3.63, 3.8) is 0 Å². The first kappa shape index (κ1) is 18.2. The van der Waals surface area contributed by atoms with E-state index in [9.17, 15) is 18.0 Å². The monoisotopic (exact) mass is 364 g/mol. The molecule has 5 nitrogen and oxygen atoms in total. The molecular weight excluding hydrogens is 345 g/mol. The van der Waals surface area contributed by atoms with Crippen LogP contribution in [0.1, 0.15) is 41.7 Å². The maximum absolute atomic E-state index is 12.8. The predicted octanol–water partition coefficient (Wildman–Crippen LogP) is 4.26. The summed E-state index contributed by atoms with van der Waals surface area (Å²) in [5.41, 5.74) is -0.324. The number of likely N-dealkylation sites (tertiary alicyclic amines) is 1. The van der Waals surface area contributed by atoms with Crippen LogP contribution in [0.3, 0.4) is 0 Å². The largest absolute Gasteiger partial charge is 0.416 e. The lowest BCUT2D eigenvalue weighted by Crippen LogP contribution is -2.32. The molecule has 0 aliphatic carbocycles. The fourth-order valence-corrected chi connectivity index (χ4v) is 2.88. The van der Waals surface area contributed by atoms with Crippen LogP contribution in [0.4, 0.5) is 24.8 Å². The summed E-state index contributed by atoms with van der Waals surface area (Å²) in [6.07, 6.45) is 1.14. The van der Waals surface area contributed by atoms with Gasteiger partial charge in [0.05, 0.1) is 5.56 Å². The third kappa shape index (κ3) is 4.50. The maximum atomic E-state index is 12.8. The van der Waals surface area contributed by atoms with Crippen molar-refractivity contribution in [3.8, 4) is 0 Å². The Hall–Kier alpha value is -2.64. The maximum Gasteiger partial charge on any atom is 0.416 e. The number of alkyl halides is 3. The molecule has 138 valence electrons. The van der Waals surface area contributed by atoms with Crippen molar-refractivity contribution in [2.75, 3.05) is 18.4 Å². The molecule has 0 atom stereocenters. The predicted molar refractivity (Wildman–Crippen MR) is 91.1 cm³/mol. The molecule has 1 aromatic heterocycles. The van der Waals surface area contributed by atoms with E-state index in [0.29, 0.717) is 13.1 Å². The first-order chi connectivity index (χ1) is 12.4. The second kappa shape index (κ2) is 7.72. The quantitative estimate of drug-likeness (QED) is 0.884. The van der Waals surface area contributed by atoms with Crippen LogP contribution in [-0.2, 0) is 6.18 Å². The second-order valence-corrected chi connectivity index (χ2v) is 6.18. The van der Waals surface area contributed by atoms with Crippen LogP contribution < -0.4 is 5.32 Å². The fourth-order valence-electron chi connectivity index (χ4n) is 2.88. The lowest BCUT2D eigenvalue weighted by molar-refractivity contribution is -0.137. The van der Waals surface area contributed by atoms with Crippen molar-refractivity contribution in [1.82, 2.24) is 14.9 Å². The highest BCUT2D eigenvalue weighted by atomic mass is 19.4. The minimum atomic E-state index is -4.43. The second-order valence-electron chi connectivity index (χ2n) is 6.18. The molecule has 3 rings (SSSR count). The molecule has 1 aromatic carbocycles. The highest BCUT2D eigenvalue weighted by molar-refractivity contribution is 5.92. The number of hydrogen-bond donors (Lipinski definition) is 1. The number of anilines is 2. The van der Waals surface area contributed by atoms with E-state index < -0.39 is 11.7 Å². The summed E-state index contributed by atoms with van der Waals surface area (Å²) in [6.45, 7) is 1.39. The van der Waals surface area contributed by atoms with Crippen molar-refractivity contribution in [1.29, 1.82) is 0 Å². The third-order valence-corrected chi connectivity index (χ3v) is 4.21. The number of benzene rings is 1. The number of nitrogens with one attached hydrogen (secondary N) is 1. The molecule has 2 aromatic rings. The number of halogens is 3. The normalized spacial score (nSPS) is 15.4. The molecule has 0 saturated carbocycles. The Morgan fingerprint density at radius 2 is 1.81 bits per heavy atom. The van der Waals surface area contributed by atoms with E-state index in [0.717, 1.165) is 37.8 Å². The highest BCUT2D eigenvalue weighted by Crippen LogP contribution is 2.31. The molecule has 8 heteroatoms. The Morgan fingerprint density at radius 3 is 2.50 bits per heavy atom. The zero-order valence-electron chi connectivity index (χ0n) is 14.1. The molecule has 26 heavy (non-hydrogen) atoms. The third-order valence-electron chi connectivity index (χ3n) is 4.21. The van der Waals surface area contributed by atoms with Crippen molar-refractivity contribution in [2.24, 2.45) is 0 Å². The minimum absolute atomic E-state index is 0.0880. The van der Waals surface area contributed by atoms with Gasteiger partial charge in [0, 0.05) is 25.0 Å². The topological polar surface area (TPSA) is 58.1 Å². The Kier molecular flexibility index (Phi) is 5.39. The molecule has 1 aliphatic heterocycles. The molecule has 1 fully saturated rings. The summed E-state index contributed by atoms with van der Waals surface area (Å²) in [4.78, 5) is 22.5. The number of rotatable bonds is 3. The number of carbonyl (C=O) groups excluding carboxylic acids is 1.